The van der Waals surface area contributed by atoms with Crippen molar-refractivity contribution < 1.29 is 22.3 Å². The Labute approximate surface area is 106 Å². The molecular formula is C11H16FNO4S. The Balaban J connectivity index is 2.24. The van der Waals surface area contributed by atoms with Gasteiger partial charge in [-0.25, -0.2) is 17.9 Å². The van der Waals surface area contributed by atoms with E-state index < -0.39 is 15.8 Å². The van der Waals surface area contributed by atoms with Crippen molar-refractivity contribution in [2.75, 3.05) is 25.6 Å². The summed E-state index contributed by atoms with van der Waals surface area (Å²) in [4.78, 5) is 0. The van der Waals surface area contributed by atoms with Gasteiger partial charge in [-0.05, 0) is 24.6 Å². The molecule has 0 saturated carbocycles. The van der Waals surface area contributed by atoms with Gasteiger partial charge in [-0.15, -0.1) is 0 Å². The van der Waals surface area contributed by atoms with E-state index in [1.807, 2.05) is 6.92 Å². The lowest BCUT2D eigenvalue weighted by Gasteiger charge is -2.08. The van der Waals surface area contributed by atoms with Crippen LogP contribution in [-0.4, -0.2) is 34.0 Å². The van der Waals surface area contributed by atoms with Crippen LogP contribution in [0.5, 0.6) is 5.75 Å². The molecule has 0 unspecified atom stereocenters. The number of hydrogen-bond donors (Lipinski definition) is 1. The van der Waals surface area contributed by atoms with Crippen molar-refractivity contribution in [1.29, 1.82) is 0 Å². The zero-order chi connectivity index (χ0) is 13.6. The molecule has 5 nitrogen and oxygen atoms in total. The van der Waals surface area contributed by atoms with Crippen LogP contribution in [0.3, 0.4) is 0 Å². The lowest BCUT2D eigenvalue weighted by Crippen LogP contribution is -2.21. The van der Waals surface area contributed by atoms with Crippen molar-refractivity contribution >= 4 is 10.0 Å². The van der Waals surface area contributed by atoms with E-state index in [1.165, 1.54) is 6.07 Å². The van der Waals surface area contributed by atoms with Gasteiger partial charge in [0.05, 0.1) is 19.0 Å². The zero-order valence-electron chi connectivity index (χ0n) is 10.1. The van der Waals surface area contributed by atoms with Gasteiger partial charge in [0.2, 0.25) is 10.0 Å². The normalized spacial score (nSPS) is 11.5. The minimum Gasteiger partial charge on any atom is -0.488 e. The average molecular weight is 277 g/mol. The molecule has 0 heterocycles. The summed E-state index contributed by atoms with van der Waals surface area (Å²) in [7, 11) is -3.50. The highest BCUT2D eigenvalue weighted by atomic mass is 32.2. The largest absolute Gasteiger partial charge is 0.488 e. The molecule has 0 aromatic heterocycles. The lowest BCUT2D eigenvalue weighted by atomic mass is 10.2. The third-order valence-corrected chi connectivity index (χ3v) is 2.82. The molecule has 1 rings (SSSR count). The van der Waals surface area contributed by atoms with E-state index in [0.29, 0.717) is 0 Å². The molecule has 0 aliphatic rings. The lowest BCUT2D eigenvalue weighted by molar-refractivity contribution is 0.109. The van der Waals surface area contributed by atoms with Crippen molar-refractivity contribution in [2.45, 2.75) is 6.92 Å². The molecule has 0 bridgehead atoms. The van der Waals surface area contributed by atoms with Gasteiger partial charge < -0.3 is 9.47 Å². The van der Waals surface area contributed by atoms with Crippen LogP contribution in [0.2, 0.25) is 0 Å². The van der Waals surface area contributed by atoms with Gasteiger partial charge >= 0.3 is 0 Å². The first-order valence-corrected chi connectivity index (χ1v) is 7.07. The van der Waals surface area contributed by atoms with Crippen LogP contribution >= 0.6 is 0 Å². The maximum atomic E-state index is 13.2. The van der Waals surface area contributed by atoms with Crippen molar-refractivity contribution in [2.24, 2.45) is 5.14 Å². The summed E-state index contributed by atoms with van der Waals surface area (Å²) in [6, 6.07) is 4.55. The Morgan fingerprint density at radius 3 is 2.67 bits per heavy atom. The molecule has 0 aliphatic heterocycles. The van der Waals surface area contributed by atoms with Crippen LogP contribution < -0.4 is 9.88 Å². The fourth-order valence-corrected chi connectivity index (χ4v) is 1.56. The fourth-order valence-electron chi connectivity index (χ4n) is 1.21. The number of primary sulfonamides is 1. The van der Waals surface area contributed by atoms with Gasteiger partial charge in [0.1, 0.15) is 6.61 Å². The van der Waals surface area contributed by atoms with E-state index in [-0.39, 0.29) is 31.3 Å². The van der Waals surface area contributed by atoms with Crippen molar-refractivity contribution in [3.05, 3.63) is 29.6 Å². The van der Waals surface area contributed by atoms with E-state index in [4.69, 9.17) is 14.6 Å². The van der Waals surface area contributed by atoms with E-state index in [2.05, 4.69) is 0 Å². The maximum absolute atomic E-state index is 13.2. The summed E-state index contributed by atoms with van der Waals surface area (Å²) in [5, 5.41) is 4.79. The molecule has 0 atom stereocenters. The maximum Gasteiger partial charge on any atom is 0.211 e. The molecule has 102 valence electrons. The standard InChI is InChI=1S/C11H16FNO4S/c1-9-2-3-10(12)11(8-9)17-5-4-16-6-7-18(13,14)15/h2-3,8H,4-7H2,1H3,(H2,13,14,15). The Morgan fingerprint density at radius 1 is 1.28 bits per heavy atom. The van der Waals surface area contributed by atoms with Crippen LogP contribution in [0.1, 0.15) is 5.56 Å². The number of aryl methyl sites for hydroxylation is 1. The summed E-state index contributed by atoms with van der Waals surface area (Å²) in [6.45, 7) is 2.14. The molecule has 0 spiro atoms. The second-order valence-corrected chi connectivity index (χ2v) is 5.50. The quantitative estimate of drug-likeness (QED) is 0.748. The Hall–Kier alpha value is -1.18. The van der Waals surface area contributed by atoms with E-state index in [9.17, 15) is 12.8 Å². The van der Waals surface area contributed by atoms with Gasteiger partial charge in [0.15, 0.2) is 11.6 Å². The van der Waals surface area contributed by atoms with E-state index in [0.717, 1.165) is 5.56 Å². The van der Waals surface area contributed by atoms with Crippen LogP contribution in [0.4, 0.5) is 4.39 Å². The highest BCUT2D eigenvalue weighted by molar-refractivity contribution is 7.89. The molecule has 7 heteroatoms. The third kappa shape index (κ3) is 5.95. The molecular weight excluding hydrogens is 261 g/mol. The second-order valence-electron chi connectivity index (χ2n) is 3.76. The first-order valence-electron chi connectivity index (χ1n) is 5.35. The van der Waals surface area contributed by atoms with Gasteiger partial charge in [-0.2, -0.15) is 0 Å². The second kappa shape index (κ2) is 6.67. The SMILES string of the molecule is Cc1ccc(F)c(OCCOCCS(N)(=O)=O)c1. The number of benzene rings is 1. The smallest absolute Gasteiger partial charge is 0.211 e. The summed E-state index contributed by atoms with van der Waals surface area (Å²) in [6.07, 6.45) is 0. The van der Waals surface area contributed by atoms with Crippen LogP contribution in [-0.2, 0) is 14.8 Å². The summed E-state index contributed by atoms with van der Waals surface area (Å²) >= 11 is 0. The predicted molar refractivity (Wildman–Crippen MR) is 65.4 cm³/mol. The number of rotatable bonds is 7. The van der Waals surface area contributed by atoms with Gasteiger partial charge in [-0.1, -0.05) is 6.07 Å². The summed E-state index contributed by atoms with van der Waals surface area (Å²) in [5.74, 6) is -0.526. The molecule has 0 aliphatic carbocycles. The minimum absolute atomic E-state index is 0.00150. The molecule has 1 aromatic rings. The van der Waals surface area contributed by atoms with Crippen LogP contribution in [0.25, 0.3) is 0 Å². The van der Waals surface area contributed by atoms with Gasteiger partial charge in [0, 0.05) is 0 Å². The summed E-state index contributed by atoms with van der Waals surface area (Å²) in [5.41, 5.74) is 0.890. The highest BCUT2D eigenvalue weighted by Gasteiger charge is 2.04. The van der Waals surface area contributed by atoms with Gasteiger partial charge in [-0.3, -0.25) is 0 Å². The molecule has 0 fully saturated rings. The molecule has 0 amide bonds. The predicted octanol–water partition coefficient (Wildman–Crippen LogP) is 0.818. The van der Waals surface area contributed by atoms with E-state index in [1.54, 1.807) is 12.1 Å². The average Bonchev–Trinajstić information content (AvgIpc) is 2.26. The molecule has 18 heavy (non-hydrogen) atoms. The Bertz CT molecular complexity index is 490. The Morgan fingerprint density at radius 2 is 2.00 bits per heavy atom. The molecule has 0 radical (unpaired) electrons. The van der Waals surface area contributed by atoms with Crippen LogP contribution in [0, 0.1) is 12.7 Å². The highest BCUT2D eigenvalue weighted by Crippen LogP contribution is 2.17. The minimum atomic E-state index is -3.50. The number of ether oxygens (including phenoxy) is 2. The first-order chi connectivity index (χ1) is 8.38. The van der Waals surface area contributed by atoms with Crippen molar-refractivity contribution in [1.82, 2.24) is 0 Å². The first kappa shape index (κ1) is 14.9. The fraction of sp³-hybridized carbons (Fsp3) is 0.455. The summed E-state index contributed by atoms with van der Waals surface area (Å²) < 4.78 is 44.6. The van der Waals surface area contributed by atoms with Crippen molar-refractivity contribution in [3.63, 3.8) is 0 Å². The Kier molecular flexibility index (Phi) is 5.52. The number of nitrogens with two attached hydrogens (primary N) is 1. The number of halogens is 1. The van der Waals surface area contributed by atoms with Gasteiger partial charge in [0.25, 0.3) is 0 Å². The number of hydrogen-bond acceptors (Lipinski definition) is 4. The third-order valence-electron chi connectivity index (χ3n) is 2.08. The molecule has 2 N–H and O–H groups in total. The van der Waals surface area contributed by atoms with Crippen molar-refractivity contribution in [3.8, 4) is 5.75 Å². The zero-order valence-corrected chi connectivity index (χ0v) is 10.9. The topological polar surface area (TPSA) is 78.6 Å². The molecule has 1 aromatic carbocycles. The van der Waals surface area contributed by atoms with Crippen LogP contribution in [0.15, 0.2) is 18.2 Å². The van der Waals surface area contributed by atoms with E-state index >= 15 is 0 Å². The molecule has 0 saturated heterocycles. The monoisotopic (exact) mass is 277 g/mol. The number of sulfonamides is 1.